The number of hydrogen-bond donors (Lipinski definition) is 2. The molecule has 0 unspecified atom stereocenters. The molecule has 3 rings (SSSR count). The molecule has 0 aromatic heterocycles. The Kier molecular flexibility index (Phi) is 6.99. The van der Waals surface area contributed by atoms with Crippen molar-refractivity contribution in [3.05, 3.63) is 63.6 Å². The van der Waals surface area contributed by atoms with Gasteiger partial charge in [-0.15, -0.1) is 0 Å². The minimum absolute atomic E-state index is 0.142. The maximum Gasteiger partial charge on any atom is 0.335 e. The molecule has 1 aliphatic heterocycles. The van der Waals surface area contributed by atoms with Crippen molar-refractivity contribution in [3.63, 3.8) is 0 Å². The normalized spacial score (nSPS) is 17.1. The summed E-state index contributed by atoms with van der Waals surface area (Å²) in [6.07, 6.45) is 1.84. The third-order valence-electron chi connectivity index (χ3n) is 5.57. The van der Waals surface area contributed by atoms with Crippen LogP contribution >= 0.6 is 11.8 Å². The van der Waals surface area contributed by atoms with Crippen LogP contribution in [0.5, 0.6) is 5.75 Å². The van der Waals surface area contributed by atoms with Gasteiger partial charge in [-0.1, -0.05) is 47.6 Å². The van der Waals surface area contributed by atoms with Crippen molar-refractivity contribution in [3.8, 4) is 5.75 Å². The number of thioether (sulfide) groups is 1. The minimum Gasteiger partial charge on any atom is -0.507 e. The van der Waals surface area contributed by atoms with Crippen molar-refractivity contribution in [1.29, 1.82) is 0 Å². The Morgan fingerprint density at radius 3 is 2.15 bits per heavy atom. The average Bonchev–Trinajstić information content (AvgIpc) is 3.01. The Bertz CT molecular complexity index is 1160. The zero-order valence-corrected chi connectivity index (χ0v) is 21.6. The first-order valence-electron chi connectivity index (χ1n) is 11.2. The molecular weight excluding hydrogens is 448 g/mol. The zero-order valence-electron chi connectivity index (χ0n) is 20.8. The van der Waals surface area contributed by atoms with Crippen LogP contribution in [0.25, 0.3) is 6.08 Å². The Morgan fingerprint density at radius 1 is 1.06 bits per heavy atom. The van der Waals surface area contributed by atoms with E-state index in [1.807, 2.05) is 25.1 Å². The molecule has 2 N–H and O–H groups in total. The summed E-state index contributed by atoms with van der Waals surface area (Å²) in [5, 5.41) is 20.7. The van der Waals surface area contributed by atoms with Gasteiger partial charge < -0.3 is 10.2 Å². The van der Waals surface area contributed by atoms with Crippen LogP contribution in [-0.4, -0.2) is 38.7 Å². The van der Waals surface area contributed by atoms with Crippen LogP contribution in [0.15, 0.2) is 46.3 Å². The number of phenols is 1. The van der Waals surface area contributed by atoms with Crippen LogP contribution in [-0.2, 0) is 15.6 Å². The summed E-state index contributed by atoms with van der Waals surface area (Å²) in [7, 11) is 0. The topological polar surface area (TPSA) is 90.2 Å². The third-order valence-corrected chi connectivity index (χ3v) is 6.57. The fourth-order valence-electron chi connectivity index (χ4n) is 3.72. The van der Waals surface area contributed by atoms with Gasteiger partial charge in [0, 0.05) is 17.7 Å². The first-order valence-corrected chi connectivity index (χ1v) is 12.1. The molecule has 0 radical (unpaired) electrons. The number of carboxylic acid groups (broad SMARTS) is 1. The second-order valence-corrected chi connectivity index (χ2v) is 11.4. The van der Waals surface area contributed by atoms with Crippen LogP contribution in [0.1, 0.15) is 75.5 Å². The van der Waals surface area contributed by atoms with Crippen LogP contribution in [0, 0.1) is 0 Å². The van der Waals surface area contributed by atoms with E-state index >= 15 is 0 Å². The van der Waals surface area contributed by atoms with Gasteiger partial charge in [0.25, 0.3) is 5.91 Å². The molecule has 180 valence electrons. The van der Waals surface area contributed by atoms with E-state index in [9.17, 15) is 19.8 Å². The van der Waals surface area contributed by atoms with Crippen molar-refractivity contribution in [2.45, 2.75) is 59.3 Å². The summed E-state index contributed by atoms with van der Waals surface area (Å²) in [5.74, 6) is -0.881. The lowest BCUT2D eigenvalue weighted by atomic mass is 9.78. The number of hydrogen-bond acceptors (Lipinski definition) is 5. The lowest BCUT2D eigenvalue weighted by Gasteiger charge is -2.28. The van der Waals surface area contributed by atoms with Gasteiger partial charge in [0.05, 0.1) is 16.2 Å². The molecule has 6 nitrogen and oxygen atoms in total. The van der Waals surface area contributed by atoms with E-state index in [2.05, 4.69) is 46.5 Å². The molecule has 1 heterocycles. The van der Waals surface area contributed by atoms with Crippen LogP contribution in [0.3, 0.4) is 0 Å². The molecule has 1 amide bonds. The van der Waals surface area contributed by atoms with E-state index in [0.717, 1.165) is 16.7 Å². The van der Waals surface area contributed by atoms with Gasteiger partial charge in [0.2, 0.25) is 0 Å². The number of carbonyl (C=O) groups is 2. The smallest absolute Gasteiger partial charge is 0.335 e. The number of amidine groups is 1. The summed E-state index contributed by atoms with van der Waals surface area (Å²) in [6.45, 7) is 14.6. The fourth-order valence-corrected chi connectivity index (χ4v) is 4.79. The highest BCUT2D eigenvalue weighted by Gasteiger charge is 2.33. The number of benzene rings is 2. The second-order valence-electron chi connectivity index (χ2n) is 10.4. The summed E-state index contributed by atoms with van der Waals surface area (Å²) in [6, 6.07) is 10.2. The van der Waals surface area contributed by atoms with E-state index in [1.54, 1.807) is 17.0 Å². The van der Waals surface area contributed by atoms with Crippen molar-refractivity contribution in [2.75, 3.05) is 6.54 Å². The Balaban J connectivity index is 2.08. The molecule has 2 aromatic rings. The molecule has 0 aliphatic carbocycles. The number of carbonyl (C=O) groups excluding carboxylic acids is 1. The molecular formula is C27H32N2O4S. The molecule has 0 spiro atoms. The minimum atomic E-state index is -1.03. The van der Waals surface area contributed by atoms with Crippen LogP contribution in [0.2, 0.25) is 0 Å². The van der Waals surface area contributed by atoms with Crippen molar-refractivity contribution < 1.29 is 19.8 Å². The largest absolute Gasteiger partial charge is 0.507 e. The van der Waals surface area contributed by atoms with Gasteiger partial charge in [-0.25, -0.2) is 9.79 Å². The predicted octanol–water partition coefficient (Wildman–Crippen LogP) is 6.31. The molecule has 34 heavy (non-hydrogen) atoms. The van der Waals surface area contributed by atoms with E-state index in [0.29, 0.717) is 28.1 Å². The molecule has 0 bridgehead atoms. The summed E-state index contributed by atoms with van der Waals surface area (Å²) in [4.78, 5) is 31.1. The quantitative estimate of drug-likeness (QED) is 0.501. The van der Waals surface area contributed by atoms with E-state index < -0.39 is 5.97 Å². The number of rotatable bonds is 4. The van der Waals surface area contributed by atoms with Gasteiger partial charge in [-0.3, -0.25) is 9.69 Å². The highest BCUT2D eigenvalue weighted by molar-refractivity contribution is 8.18. The van der Waals surface area contributed by atoms with Crippen molar-refractivity contribution in [2.24, 2.45) is 4.99 Å². The number of amides is 1. The zero-order chi connectivity index (χ0) is 25.4. The van der Waals surface area contributed by atoms with Gasteiger partial charge in [0.1, 0.15) is 5.75 Å². The number of aliphatic imine (C=N–C) groups is 1. The summed E-state index contributed by atoms with van der Waals surface area (Å²) >= 11 is 1.26. The van der Waals surface area contributed by atoms with E-state index in [-0.39, 0.29) is 22.3 Å². The molecule has 0 atom stereocenters. The first kappa shape index (κ1) is 25.6. The molecule has 0 saturated carbocycles. The number of aromatic hydroxyl groups is 1. The second kappa shape index (κ2) is 9.29. The summed E-state index contributed by atoms with van der Waals surface area (Å²) in [5.41, 5.74) is 2.57. The standard InChI is InChI=1S/C27H32N2O4S/c1-8-29-23(31)21(34-25(29)28-18-11-9-10-17(15-18)24(32)33)14-16-12-19(26(2,3)4)22(30)20(13-16)27(5,6)7/h9-15,30H,8H2,1-7H3,(H,32,33)/b21-14-,28-25?. The highest BCUT2D eigenvalue weighted by Crippen LogP contribution is 2.41. The van der Waals surface area contributed by atoms with Gasteiger partial charge >= 0.3 is 5.97 Å². The van der Waals surface area contributed by atoms with Crippen molar-refractivity contribution >= 4 is 40.6 Å². The lowest BCUT2D eigenvalue weighted by molar-refractivity contribution is -0.122. The number of carboxylic acids is 1. The number of nitrogens with zero attached hydrogens (tertiary/aromatic N) is 2. The van der Waals surface area contributed by atoms with Crippen LogP contribution < -0.4 is 0 Å². The Hall–Kier alpha value is -3.06. The monoisotopic (exact) mass is 480 g/mol. The van der Waals surface area contributed by atoms with E-state index in [1.165, 1.54) is 23.9 Å². The maximum absolute atomic E-state index is 13.2. The Morgan fingerprint density at radius 2 is 1.65 bits per heavy atom. The maximum atomic E-state index is 13.2. The first-order chi connectivity index (χ1) is 15.7. The SMILES string of the molecule is CCN1C(=O)/C(=C/c2cc(C(C)(C)C)c(O)c(C(C)(C)C)c2)SC1=Nc1cccc(C(=O)O)c1. The predicted molar refractivity (Wildman–Crippen MR) is 139 cm³/mol. The molecule has 2 aromatic carbocycles. The van der Waals surface area contributed by atoms with Gasteiger partial charge in [-0.2, -0.15) is 0 Å². The fraction of sp³-hybridized carbons (Fsp3) is 0.370. The molecule has 1 saturated heterocycles. The lowest BCUT2D eigenvalue weighted by Crippen LogP contribution is -2.28. The number of likely N-dealkylation sites (N-methyl/N-ethyl adjacent to an activating group) is 1. The molecule has 1 aliphatic rings. The molecule has 1 fully saturated rings. The third kappa shape index (κ3) is 5.36. The Labute approximate surface area is 205 Å². The van der Waals surface area contributed by atoms with Crippen LogP contribution in [0.4, 0.5) is 5.69 Å². The highest BCUT2D eigenvalue weighted by atomic mass is 32.2. The number of phenolic OH excluding ortho intramolecular Hbond substituents is 1. The van der Waals surface area contributed by atoms with Gasteiger partial charge in [-0.05, 0) is 71.5 Å². The molecule has 7 heteroatoms. The number of aromatic carboxylic acids is 1. The average molecular weight is 481 g/mol. The van der Waals surface area contributed by atoms with E-state index in [4.69, 9.17) is 0 Å². The van der Waals surface area contributed by atoms with Gasteiger partial charge in [0.15, 0.2) is 5.17 Å². The van der Waals surface area contributed by atoms with Crippen molar-refractivity contribution in [1.82, 2.24) is 4.90 Å². The summed E-state index contributed by atoms with van der Waals surface area (Å²) < 4.78 is 0.